The molecule has 0 aliphatic heterocycles. The van der Waals surface area contributed by atoms with Gasteiger partial charge in [-0.05, 0) is 49.3 Å². The summed E-state index contributed by atoms with van der Waals surface area (Å²) >= 11 is 6.03. The lowest BCUT2D eigenvalue weighted by molar-refractivity contribution is 0.465. The first-order valence-corrected chi connectivity index (χ1v) is 8.20. The molecule has 98 valence electrons. The molecule has 5 heteroatoms. The maximum absolute atomic E-state index is 12.7. The summed E-state index contributed by atoms with van der Waals surface area (Å²) in [5, 5.41) is 0.0301. The van der Waals surface area contributed by atoms with Crippen molar-refractivity contribution in [2.75, 3.05) is 5.73 Å². The largest absolute Gasteiger partial charge is 0.399 e. The summed E-state index contributed by atoms with van der Waals surface area (Å²) < 4.78 is 25.3. The van der Waals surface area contributed by atoms with Crippen LogP contribution in [0.2, 0.25) is 5.02 Å². The zero-order valence-corrected chi connectivity index (χ0v) is 11.5. The fraction of sp³-hybridized carbons (Fsp3) is 0.538. The Morgan fingerprint density at radius 2 is 2.00 bits per heavy atom. The summed E-state index contributed by atoms with van der Waals surface area (Å²) in [4.78, 5) is 0.210. The second-order valence-corrected chi connectivity index (χ2v) is 7.99. The summed E-state index contributed by atoms with van der Waals surface area (Å²) in [6, 6.07) is 4.68. The Bertz CT molecular complexity index is 585. The first-order chi connectivity index (χ1) is 8.48. The van der Waals surface area contributed by atoms with E-state index in [2.05, 4.69) is 0 Å². The van der Waals surface area contributed by atoms with Crippen molar-refractivity contribution in [1.82, 2.24) is 0 Å². The number of rotatable bonds is 2. The number of hydrogen-bond acceptors (Lipinski definition) is 3. The minimum Gasteiger partial charge on any atom is -0.399 e. The second-order valence-electron chi connectivity index (χ2n) is 5.45. The third kappa shape index (κ3) is 1.82. The number of halogens is 1. The Morgan fingerprint density at radius 3 is 2.61 bits per heavy atom. The molecule has 0 amide bonds. The number of nitrogens with two attached hydrogens (primary N) is 1. The minimum atomic E-state index is -3.33. The van der Waals surface area contributed by atoms with Crippen LogP contribution in [0, 0.1) is 11.8 Å². The van der Waals surface area contributed by atoms with E-state index in [1.165, 1.54) is 12.5 Å². The summed E-state index contributed by atoms with van der Waals surface area (Å²) in [6.45, 7) is 0. The monoisotopic (exact) mass is 285 g/mol. The van der Waals surface area contributed by atoms with Gasteiger partial charge in [-0.15, -0.1) is 0 Å². The quantitative estimate of drug-likeness (QED) is 0.850. The number of hydrogen-bond donors (Lipinski definition) is 1. The highest BCUT2D eigenvalue weighted by atomic mass is 35.5. The van der Waals surface area contributed by atoms with Gasteiger partial charge < -0.3 is 5.73 Å². The lowest BCUT2D eigenvalue weighted by Crippen LogP contribution is -2.27. The van der Waals surface area contributed by atoms with Crippen LogP contribution in [0.5, 0.6) is 0 Å². The molecule has 2 bridgehead atoms. The van der Waals surface area contributed by atoms with Crippen LogP contribution in [-0.4, -0.2) is 13.7 Å². The lowest BCUT2D eigenvalue weighted by Gasteiger charge is -2.22. The van der Waals surface area contributed by atoms with Gasteiger partial charge in [0.15, 0.2) is 9.84 Å². The number of nitrogen functional groups attached to an aromatic ring is 1. The SMILES string of the molecule is Nc1ccc(Cl)c(S(=O)(=O)C2CC3CCC2C3)c1. The molecule has 2 saturated carbocycles. The molecule has 0 heterocycles. The second kappa shape index (κ2) is 4.14. The molecule has 2 N–H and O–H groups in total. The van der Waals surface area contributed by atoms with Crippen LogP contribution >= 0.6 is 11.6 Å². The molecular formula is C13H16ClNO2S. The van der Waals surface area contributed by atoms with E-state index in [1.807, 2.05) is 0 Å². The highest BCUT2D eigenvalue weighted by Crippen LogP contribution is 2.49. The normalized spacial score (nSPS) is 30.8. The predicted octanol–water partition coefficient (Wildman–Crippen LogP) is 2.88. The molecule has 2 aliphatic rings. The molecule has 1 aromatic rings. The number of fused-ring (bicyclic) bond motifs is 2. The van der Waals surface area contributed by atoms with Crippen molar-refractivity contribution < 1.29 is 8.42 Å². The maximum Gasteiger partial charge on any atom is 0.183 e. The number of sulfone groups is 1. The Hall–Kier alpha value is -0.740. The van der Waals surface area contributed by atoms with Gasteiger partial charge in [-0.1, -0.05) is 18.0 Å². The molecule has 3 nitrogen and oxygen atoms in total. The van der Waals surface area contributed by atoms with Crippen LogP contribution in [0.25, 0.3) is 0 Å². The highest BCUT2D eigenvalue weighted by Gasteiger charge is 2.46. The molecule has 18 heavy (non-hydrogen) atoms. The topological polar surface area (TPSA) is 60.2 Å². The Morgan fingerprint density at radius 1 is 1.22 bits per heavy atom. The van der Waals surface area contributed by atoms with Crippen molar-refractivity contribution in [1.29, 1.82) is 0 Å². The van der Waals surface area contributed by atoms with E-state index in [9.17, 15) is 8.42 Å². The van der Waals surface area contributed by atoms with E-state index < -0.39 is 9.84 Å². The van der Waals surface area contributed by atoms with Crippen LogP contribution in [-0.2, 0) is 9.84 Å². The van der Waals surface area contributed by atoms with Crippen LogP contribution in [0.15, 0.2) is 23.1 Å². The summed E-state index contributed by atoms with van der Waals surface area (Å²) in [6.07, 6.45) is 4.07. The fourth-order valence-electron chi connectivity index (χ4n) is 3.47. The summed E-state index contributed by atoms with van der Waals surface area (Å²) in [5.74, 6) is 0.909. The van der Waals surface area contributed by atoms with Crippen molar-refractivity contribution >= 4 is 27.1 Å². The molecule has 0 spiro atoms. The third-order valence-corrected chi connectivity index (χ3v) is 7.10. The lowest BCUT2D eigenvalue weighted by atomic mass is 10.0. The first kappa shape index (κ1) is 12.3. The van der Waals surface area contributed by atoms with Crippen molar-refractivity contribution in [3.8, 4) is 0 Å². The molecule has 0 aromatic heterocycles. The number of benzene rings is 1. The van der Waals surface area contributed by atoms with E-state index in [1.54, 1.807) is 12.1 Å². The van der Waals surface area contributed by atoms with E-state index in [0.29, 0.717) is 17.5 Å². The molecular weight excluding hydrogens is 270 g/mol. The van der Waals surface area contributed by atoms with Crippen molar-refractivity contribution in [2.24, 2.45) is 11.8 Å². The van der Waals surface area contributed by atoms with Gasteiger partial charge in [0.2, 0.25) is 0 Å². The van der Waals surface area contributed by atoms with Gasteiger partial charge in [0.05, 0.1) is 15.2 Å². The molecule has 0 saturated heterocycles. The predicted molar refractivity (Wildman–Crippen MR) is 72.3 cm³/mol. The highest BCUT2D eigenvalue weighted by molar-refractivity contribution is 7.92. The molecule has 3 unspecified atom stereocenters. The minimum absolute atomic E-state index is 0.210. The molecule has 1 aromatic carbocycles. The van der Waals surface area contributed by atoms with Gasteiger partial charge in [-0.2, -0.15) is 0 Å². The molecule has 2 fully saturated rings. The molecule has 3 rings (SSSR count). The van der Waals surface area contributed by atoms with Gasteiger partial charge in [0.25, 0.3) is 0 Å². The van der Waals surface area contributed by atoms with Crippen LogP contribution < -0.4 is 5.73 Å². The summed E-state index contributed by atoms with van der Waals surface area (Å²) in [5.41, 5.74) is 6.12. The molecule has 3 atom stereocenters. The Balaban J connectivity index is 2.02. The van der Waals surface area contributed by atoms with Crippen LogP contribution in [0.3, 0.4) is 0 Å². The van der Waals surface area contributed by atoms with Gasteiger partial charge in [-0.3, -0.25) is 0 Å². The van der Waals surface area contributed by atoms with Gasteiger partial charge in [0, 0.05) is 5.69 Å². The van der Waals surface area contributed by atoms with Crippen molar-refractivity contribution in [3.63, 3.8) is 0 Å². The third-order valence-electron chi connectivity index (χ3n) is 4.33. The van der Waals surface area contributed by atoms with E-state index in [0.717, 1.165) is 19.3 Å². The maximum atomic E-state index is 12.7. The van der Waals surface area contributed by atoms with Gasteiger partial charge in [0.1, 0.15) is 0 Å². The fourth-order valence-corrected chi connectivity index (χ4v) is 6.15. The molecule has 2 aliphatic carbocycles. The molecule has 0 radical (unpaired) electrons. The van der Waals surface area contributed by atoms with E-state index in [-0.39, 0.29) is 15.2 Å². The van der Waals surface area contributed by atoms with Crippen LogP contribution in [0.1, 0.15) is 25.7 Å². The van der Waals surface area contributed by atoms with Crippen molar-refractivity contribution in [2.45, 2.75) is 35.8 Å². The van der Waals surface area contributed by atoms with E-state index in [4.69, 9.17) is 17.3 Å². The van der Waals surface area contributed by atoms with Gasteiger partial charge in [-0.25, -0.2) is 8.42 Å². The zero-order chi connectivity index (χ0) is 12.9. The summed E-state index contributed by atoms with van der Waals surface area (Å²) in [7, 11) is -3.33. The standard InChI is InChI=1S/C13H16ClNO2S/c14-11-4-3-10(15)7-13(11)18(16,17)12-6-8-1-2-9(12)5-8/h3-4,7-9,12H,1-2,5-6,15H2. The van der Waals surface area contributed by atoms with Crippen LogP contribution in [0.4, 0.5) is 5.69 Å². The van der Waals surface area contributed by atoms with E-state index >= 15 is 0 Å². The van der Waals surface area contributed by atoms with Gasteiger partial charge >= 0.3 is 0 Å². The average molecular weight is 286 g/mol. The number of anilines is 1. The first-order valence-electron chi connectivity index (χ1n) is 6.27. The zero-order valence-electron chi connectivity index (χ0n) is 9.97. The average Bonchev–Trinajstić information content (AvgIpc) is 2.94. The smallest absolute Gasteiger partial charge is 0.183 e. The Kier molecular flexibility index (Phi) is 2.83. The Labute approximate surface area is 112 Å². The van der Waals surface area contributed by atoms with Crippen molar-refractivity contribution in [3.05, 3.63) is 23.2 Å².